The fraction of sp³-hybridized carbons (Fsp3) is 0.545. The van der Waals surface area contributed by atoms with E-state index in [-0.39, 0.29) is 6.04 Å². The molecular formula is C11H17Br2N3. The highest BCUT2D eigenvalue weighted by atomic mass is 79.9. The van der Waals surface area contributed by atoms with Gasteiger partial charge in [-0.2, -0.15) is 0 Å². The van der Waals surface area contributed by atoms with Crippen LogP contribution in [0.4, 0.5) is 5.82 Å². The zero-order valence-electron chi connectivity index (χ0n) is 9.50. The molecule has 0 amide bonds. The number of halogens is 2. The van der Waals surface area contributed by atoms with Crippen LogP contribution in [0, 0.1) is 5.92 Å². The van der Waals surface area contributed by atoms with Crippen molar-refractivity contribution in [2.75, 3.05) is 11.9 Å². The molecule has 1 unspecified atom stereocenters. The van der Waals surface area contributed by atoms with Crippen LogP contribution in [0.25, 0.3) is 0 Å². The molecule has 3 N–H and O–H groups in total. The van der Waals surface area contributed by atoms with Crippen LogP contribution in [0.2, 0.25) is 0 Å². The lowest BCUT2D eigenvalue weighted by Crippen LogP contribution is -2.30. The summed E-state index contributed by atoms with van der Waals surface area (Å²) in [6.45, 7) is 4.99. The first kappa shape index (κ1) is 13.9. The first-order valence-corrected chi connectivity index (χ1v) is 6.89. The third kappa shape index (κ3) is 4.39. The number of rotatable bonds is 5. The maximum atomic E-state index is 5.73. The molecule has 0 aliphatic heterocycles. The molecular weight excluding hydrogens is 334 g/mol. The fourth-order valence-electron chi connectivity index (χ4n) is 1.50. The van der Waals surface area contributed by atoms with Gasteiger partial charge >= 0.3 is 0 Å². The van der Waals surface area contributed by atoms with Gasteiger partial charge in [-0.3, -0.25) is 0 Å². The van der Waals surface area contributed by atoms with Crippen LogP contribution in [0.1, 0.15) is 20.3 Å². The summed E-state index contributed by atoms with van der Waals surface area (Å²) < 4.78 is 1.90. The Kier molecular flexibility index (Phi) is 5.72. The zero-order chi connectivity index (χ0) is 12.1. The molecule has 0 aliphatic carbocycles. The third-order valence-corrected chi connectivity index (χ3v) is 3.23. The van der Waals surface area contributed by atoms with Crippen molar-refractivity contribution >= 4 is 37.7 Å². The standard InChI is InChI=1S/C11H17Br2N3/c1-7(2)3-9(5-14)16-11-10(13)4-8(12)6-15-11/h4,6-7,9H,3,5,14H2,1-2H3,(H,15,16). The van der Waals surface area contributed by atoms with Gasteiger partial charge in [-0.05, 0) is 50.3 Å². The van der Waals surface area contributed by atoms with Gasteiger partial charge < -0.3 is 11.1 Å². The Bertz CT molecular complexity index is 342. The predicted octanol–water partition coefficient (Wildman–Crippen LogP) is 3.39. The highest BCUT2D eigenvalue weighted by Gasteiger charge is 2.11. The second-order valence-corrected chi connectivity index (χ2v) is 5.96. The van der Waals surface area contributed by atoms with Crippen LogP contribution >= 0.6 is 31.9 Å². The molecule has 0 saturated carbocycles. The van der Waals surface area contributed by atoms with Crippen LogP contribution in [-0.2, 0) is 0 Å². The molecule has 3 nitrogen and oxygen atoms in total. The Balaban J connectivity index is 2.70. The first-order valence-electron chi connectivity index (χ1n) is 5.30. The average molecular weight is 351 g/mol. The van der Waals surface area contributed by atoms with Crippen molar-refractivity contribution in [3.63, 3.8) is 0 Å². The molecule has 0 bridgehead atoms. The van der Waals surface area contributed by atoms with Crippen molar-refractivity contribution in [2.24, 2.45) is 11.7 Å². The Morgan fingerprint density at radius 1 is 1.44 bits per heavy atom. The number of nitrogens with zero attached hydrogens (tertiary/aromatic N) is 1. The quantitative estimate of drug-likeness (QED) is 0.855. The summed E-state index contributed by atoms with van der Waals surface area (Å²) in [6.07, 6.45) is 2.82. The van der Waals surface area contributed by atoms with Crippen molar-refractivity contribution in [3.05, 3.63) is 21.2 Å². The Morgan fingerprint density at radius 2 is 2.12 bits per heavy atom. The largest absolute Gasteiger partial charge is 0.365 e. The SMILES string of the molecule is CC(C)CC(CN)Nc1ncc(Br)cc1Br. The maximum absolute atomic E-state index is 5.73. The predicted molar refractivity (Wildman–Crippen MR) is 75.6 cm³/mol. The van der Waals surface area contributed by atoms with Gasteiger partial charge in [-0.25, -0.2) is 4.98 Å². The van der Waals surface area contributed by atoms with E-state index in [0.717, 1.165) is 21.2 Å². The lowest BCUT2D eigenvalue weighted by Gasteiger charge is -2.20. The molecule has 0 saturated heterocycles. The summed E-state index contributed by atoms with van der Waals surface area (Å²) in [5.74, 6) is 1.47. The highest BCUT2D eigenvalue weighted by Crippen LogP contribution is 2.24. The summed E-state index contributed by atoms with van der Waals surface area (Å²) in [7, 11) is 0. The second kappa shape index (κ2) is 6.57. The van der Waals surface area contributed by atoms with E-state index in [1.54, 1.807) is 6.20 Å². The molecule has 0 radical (unpaired) electrons. The van der Waals surface area contributed by atoms with E-state index in [4.69, 9.17) is 5.73 Å². The second-order valence-electron chi connectivity index (χ2n) is 4.19. The van der Waals surface area contributed by atoms with Gasteiger partial charge in [0.25, 0.3) is 0 Å². The minimum atomic E-state index is 0.268. The van der Waals surface area contributed by atoms with E-state index in [1.165, 1.54) is 0 Å². The topological polar surface area (TPSA) is 50.9 Å². The number of hydrogen-bond donors (Lipinski definition) is 2. The normalized spacial score (nSPS) is 12.9. The summed E-state index contributed by atoms with van der Waals surface area (Å²) >= 11 is 6.85. The van der Waals surface area contributed by atoms with Crippen molar-refractivity contribution < 1.29 is 0 Å². The lowest BCUT2D eigenvalue weighted by atomic mass is 10.0. The molecule has 0 fully saturated rings. The van der Waals surface area contributed by atoms with E-state index < -0.39 is 0 Å². The molecule has 1 aromatic heterocycles. The number of nitrogens with two attached hydrogens (primary N) is 1. The monoisotopic (exact) mass is 349 g/mol. The molecule has 0 spiro atoms. The van der Waals surface area contributed by atoms with Gasteiger partial charge in [-0.1, -0.05) is 13.8 Å². The minimum absolute atomic E-state index is 0.268. The van der Waals surface area contributed by atoms with Crippen LogP contribution in [-0.4, -0.2) is 17.6 Å². The van der Waals surface area contributed by atoms with Gasteiger partial charge in [0.05, 0.1) is 4.47 Å². The fourth-order valence-corrected chi connectivity index (χ4v) is 2.60. The lowest BCUT2D eigenvalue weighted by molar-refractivity contribution is 0.521. The molecule has 90 valence electrons. The minimum Gasteiger partial charge on any atom is -0.365 e. The van der Waals surface area contributed by atoms with Crippen LogP contribution in [0.3, 0.4) is 0 Å². The van der Waals surface area contributed by atoms with Crippen LogP contribution < -0.4 is 11.1 Å². The summed E-state index contributed by atoms with van der Waals surface area (Å²) in [4.78, 5) is 4.31. The van der Waals surface area contributed by atoms with Crippen molar-refractivity contribution in [2.45, 2.75) is 26.3 Å². The van der Waals surface area contributed by atoms with Gasteiger partial charge in [0.15, 0.2) is 0 Å². The van der Waals surface area contributed by atoms with Crippen molar-refractivity contribution in [1.82, 2.24) is 4.98 Å². The Hall–Kier alpha value is -0.130. The van der Waals surface area contributed by atoms with E-state index in [2.05, 4.69) is 56.0 Å². The van der Waals surface area contributed by atoms with Gasteiger partial charge in [0.1, 0.15) is 5.82 Å². The van der Waals surface area contributed by atoms with E-state index in [1.807, 2.05) is 6.07 Å². The first-order chi connectivity index (χ1) is 7.52. The number of aromatic nitrogens is 1. The van der Waals surface area contributed by atoms with E-state index in [9.17, 15) is 0 Å². The van der Waals surface area contributed by atoms with Gasteiger partial charge in [0.2, 0.25) is 0 Å². The highest BCUT2D eigenvalue weighted by molar-refractivity contribution is 9.11. The number of pyridine rings is 1. The molecule has 1 heterocycles. The zero-order valence-corrected chi connectivity index (χ0v) is 12.7. The third-order valence-electron chi connectivity index (χ3n) is 2.19. The molecule has 1 rings (SSSR count). The molecule has 0 aliphatic rings. The van der Waals surface area contributed by atoms with Gasteiger partial charge in [-0.15, -0.1) is 0 Å². The Labute approximate surface area is 113 Å². The molecule has 0 aromatic carbocycles. The summed E-state index contributed by atoms with van der Waals surface area (Å²) in [6, 6.07) is 2.24. The molecule has 1 aromatic rings. The summed E-state index contributed by atoms with van der Waals surface area (Å²) in [5, 5.41) is 3.35. The number of hydrogen-bond acceptors (Lipinski definition) is 3. The Morgan fingerprint density at radius 3 is 2.62 bits per heavy atom. The van der Waals surface area contributed by atoms with Crippen molar-refractivity contribution in [1.29, 1.82) is 0 Å². The number of anilines is 1. The van der Waals surface area contributed by atoms with Crippen LogP contribution in [0.5, 0.6) is 0 Å². The molecule has 16 heavy (non-hydrogen) atoms. The van der Waals surface area contributed by atoms with E-state index in [0.29, 0.717) is 12.5 Å². The van der Waals surface area contributed by atoms with E-state index >= 15 is 0 Å². The average Bonchev–Trinajstić information content (AvgIpc) is 2.20. The molecule has 1 atom stereocenters. The molecule has 5 heteroatoms. The smallest absolute Gasteiger partial charge is 0.140 e. The maximum Gasteiger partial charge on any atom is 0.140 e. The van der Waals surface area contributed by atoms with Gasteiger partial charge in [0, 0.05) is 23.3 Å². The van der Waals surface area contributed by atoms with Crippen LogP contribution in [0.15, 0.2) is 21.2 Å². The summed E-state index contributed by atoms with van der Waals surface area (Å²) in [5.41, 5.74) is 5.73. The van der Waals surface area contributed by atoms with Crippen molar-refractivity contribution in [3.8, 4) is 0 Å². The number of nitrogens with one attached hydrogen (secondary N) is 1.